The van der Waals surface area contributed by atoms with Gasteiger partial charge in [0.1, 0.15) is 6.61 Å². The van der Waals surface area contributed by atoms with Gasteiger partial charge in [-0.15, -0.1) is 0 Å². The highest BCUT2D eigenvalue weighted by molar-refractivity contribution is 7.47. The average Bonchev–Trinajstić information content (AvgIpc) is 3.39. The topological polar surface area (TPSA) is 134 Å². The second kappa shape index (κ2) is 58.7. The van der Waals surface area contributed by atoms with Crippen molar-refractivity contribution in [3.63, 3.8) is 0 Å². The zero-order valence-electron chi connectivity index (χ0n) is 47.0. The van der Waals surface area contributed by atoms with Gasteiger partial charge in [-0.25, -0.2) is 4.57 Å². The van der Waals surface area contributed by atoms with Crippen LogP contribution in [0.3, 0.4) is 0 Å². The molecule has 0 radical (unpaired) electrons. The Kier molecular flexibility index (Phi) is 55.8. The number of carbonyl (C=O) groups excluding carboxylic acids is 2. The van der Waals surface area contributed by atoms with Gasteiger partial charge in [0, 0.05) is 19.4 Å². The Bertz CT molecular complexity index is 1620. The maximum absolute atomic E-state index is 12.7. The number of allylic oxidation sites excluding steroid dienone is 20. The van der Waals surface area contributed by atoms with E-state index in [1.807, 2.05) is 0 Å². The Morgan fingerprint density at radius 2 is 0.743 bits per heavy atom. The lowest BCUT2D eigenvalue weighted by molar-refractivity contribution is -0.161. The van der Waals surface area contributed by atoms with Crippen LogP contribution in [0.25, 0.3) is 0 Å². The van der Waals surface area contributed by atoms with Crippen molar-refractivity contribution in [3.8, 4) is 0 Å². The quantitative estimate of drug-likeness (QED) is 0.0264. The Labute approximate surface area is 453 Å². The third-order valence-electron chi connectivity index (χ3n) is 12.1. The number of hydrogen-bond donors (Lipinski definition) is 2. The summed E-state index contributed by atoms with van der Waals surface area (Å²) in [5.74, 6) is -0.844. The largest absolute Gasteiger partial charge is 0.472 e. The van der Waals surface area contributed by atoms with Gasteiger partial charge >= 0.3 is 19.8 Å². The average molecular weight is 1050 g/mol. The summed E-state index contributed by atoms with van der Waals surface area (Å²) < 4.78 is 32.9. The lowest BCUT2D eigenvalue weighted by Gasteiger charge is -2.19. The zero-order valence-corrected chi connectivity index (χ0v) is 47.9. The van der Waals surface area contributed by atoms with Crippen LogP contribution in [-0.4, -0.2) is 49.3 Å². The van der Waals surface area contributed by atoms with E-state index in [9.17, 15) is 19.0 Å². The predicted molar refractivity (Wildman–Crippen MR) is 316 cm³/mol. The molecule has 0 aliphatic heterocycles. The fraction of sp³-hybridized carbons (Fsp3) is 0.656. The van der Waals surface area contributed by atoms with Crippen LogP contribution in [0, 0.1) is 0 Å². The molecule has 9 nitrogen and oxygen atoms in total. The summed E-state index contributed by atoms with van der Waals surface area (Å²) in [6.45, 7) is 3.58. The zero-order chi connectivity index (χ0) is 53.8. The highest BCUT2D eigenvalue weighted by Gasteiger charge is 2.26. The number of nitrogens with two attached hydrogens (primary N) is 1. The molecule has 0 aromatic heterocycles. The standard InChI is InChI=1S/C64H108NO8P/c1-3-5-7-9-11-13-15-17-18-19-20-21-22-23-24-25-26-27-28-29-30-31-32-33-34-35-36-37-38-39-40-41-42-43-44-45-47-49-51-53-55-57-64(67)73-62(61-72-74(68,69)71-59-58-65)60-70-63(66)56-54-52-50-48-46-16-14-12-10-8-6-4-2/h5,7,11-14,17-18,20-21,23-24,26-27,29-30,32-33,35-36,62H,3-4,6,8-10,15-16,19,22,25,28,31,34,37-61,65H2,1-2H3,(H,68,69)/b7-5-,13-11-,14-12-,18-17-,21-20-,24-23-,27-26-,30-29-,33-32-,36-35-. The number of hydrogen-bond acceptors (Lipinski definition) is 8. The Balaban J connectivity index is 3.89. The lowest BCUT2D eigenvalue weighted by atomic mass is 10.0. The van der Waals surface area contributed by atoms with Gasteiger partial charge < -0.3 is 20.1 Å². The molecule has 0 spiro atoms. The molecule has 0 rings (SSSR count). The first-order chi connectivity index (χ1) is 36.3. The predicted octanol–water partition coefficient (Wildman–Crippen LogP) is 18.8. The van der Waals surface area contributed by atoms with Gasteiger partial charge in [0.05, 0.1) is 13.2 Å². The Morgan fingerprint density at radius 1 is 0.419 bits per heavy atom. The lowest BCUT2D eigenvalue weighted by Crippen LogP contribution is -2.29. The third kappa shape index (κ3) is 57.7. The van der Waals surface area contributed by atoms with Crippen molar-refractivity contribution in [3.05, 3.63) is 122 Å². The first-order valence-electron chi connectivity index (χ1n) is 29.5. The maximum atomic E-state index is 12.7. The molecule has 0 aliphatic carbocycles. The van der Waals surface area contributed by atoms with Gasteiger partial charge in [-0.1, -0.05) is 238 Å². The van der Waals surface area contributed by atoms with Crippen LogP contribution < -0.4 is 5.73 Å². The van der Waals surface area contributed by atoms with Crippen molar-refractivity contribution < 1.29 is 37.6 Å². The number of carbonyl (C=O) groups is 2. The van der Waals surface area contributed by atoms with E-state index in [1.54, 1.807) is 0 Å². The van der Waals surface area contributed by atoms with Crippen molar-refractivity contribution in [1.82, 2.24) is 0 Å². The number of unbranched alkanes of at least 4 members (excludes halogenated alkanes) is 21. The molecule has 0 bridgehead atoms. The molecule has 0 heterocycles. The summed E-state index contributed by atoms with van der Waals surface area (Å²) in [6, 6.07) is 0. The molecule has 74 heavy (non-hydrogen) atoms. The molecule has 0 saturated heterocycles. The number of phosphoric acid groups is 1. The van der Waals surface area contributed by atoms with E-state index in [4.69, 9.17) is 24.3 Å². The minimum absolute atomic E-state index is 0.0481. The molecule has 2 atom stereocenters. The maximum Gasteiger partial charge on any atom is 0.472 e. The van der Waals surface area contributed by atoms with E-state index in [0.29, 0.717) is 6.42 Å². The van der Waals surface area contributed by atoms with Crippen LogP contribution in [0.1, 0.15) is 239 Å². The summed E-state index contributed by atoms with van der Waals surface area (Å²) in [4.78, 5) is 35.0. The molecule has 0 amide bonds. The summed E-state index contributed by atoms with van der Waals surface area (Å²) in [7, 11) is -4.39. The number of phosphoric ester groups is 1. The number of esters is 2. The van der Waals surface area contributed by atoms with Crippen molar-refractivity contribution in [1.29, 1.82) is 0 Å². The molecular weight excluding hydrogens is 942 g/mol. The summed E-state index contributed by atoms with van der Waals surface area (Å²) >= 11 is 0. The Morgan fingerprint density at radius 3 is 1.12 bits per heavy atom. The number of ether oxygens (including phenoxy) is 2. The summed E-state index contributed by atoms with van der Waals surface area (Å²) in [5, 5.41) is 0. The monoisotopic (exact) mass is 1050 g/mol. The van der Waals surface area contributed by atoms with Gasteiger partial charge in [-0.05, 0) is 109 Å². The van der Waals surface area contributed by atoms with Crippen molar-refractivity contribution in [2.45, 2.75) is 245 Å². The molecule has 3 N–H and O–H groups in total. The molecule has 2 unspecified atom stereocenters. The molecule has 0 aromatic rings. The van der Waals surface area contributed by atoms with E-state index in [2.05, 4.69) is 135 Å². The fourth-order valence-corrected chi connectivity index (χ4v) is 8.51. The number of rotatable bonds is 54. The molecule has 0 fully saturated rings. The highest BCUT2D eigenvalue weighted by Crippen LogP contribution is 2.43. The molecular formula is C64H108NO8P. The third-order valence-corrected chi connectivity index (χ3v) is 13.1. The molecule has 0 aliphatic rings. The van der Waals surface area contributed by atoms with Gasteiger partial charge in [-0.2, -0.15) is 0 Å². The highest BCUT2D eigenvalue weighted by atomic mass is 31.2. The molecule has 0 aromatic carbocycles. The van der Waals surface area contributed by atoms with E-state index >= 15 is 0 Å². The Hall–Kier alpha value is -3.59. The van der Waals surface area contributed by atoms with Crippen LogP contribution in [0.5, 0.6) is 0 Å². The van der Waals surface area contributed by atoms with Crippen LogP contribution in [0.15, 0.2) is 122 Å². The van der Waals surface area contributed by atoms with E-state index in [1.165, 1.54) is 89.9 Å². The van der Waals surface area contributed by atoms with Gasteiger partial charge in [0.2, 0.25) is 0 Å². The summed E-state index contributed by atoms with van der Waals surface area (Å²) in [6.07, 6.45) is 81.3. The van der Waals surface area contributed by atoms with E-state index in [0.717, 1.165) is 116 Å². The smallest absolute Gasteiger partial charge is 0.462 e. The summed E-state index contributed by atoms with van der Waals surface area (Å²) in [5.41, 5.74) is 5.37. The van der Waals surface area contributed by atoms with Crippen LogP contribution >= 0.6 is 7.82 Å². The van der Waals surface area contributed by atoms with E-state index < -0.39 is 32.5 Å². The van der Waals surface area contributed by atoms with Crippen LogP contribution in [0.4, 0.5) is 0 Å². The molecule has 422 valence electrons. The minimum Gasteiger partial charge on any atom is -0.462 e. The fourth-order valence-electron chi connectivity index (χ4n) is 7.74. The second-order valence-electron chi connectivity index (χ2n) is 19.1. The van der Waals surface area contributed by atoms with Crippen molar-refractivity contribution in [2.75, 3.05) is 26.4 Å². The first-order valence-corrected chi connectivity index (χ1v) is 31.0. The van der Waals surface area contributed by atoms with E-state index in [-0.39, 0.29) is 32.6 Å². The van der Waals surface area contributed by atoms with Crippen molar-refractivity contribution >= 4 is 19.8 Å². The van der Waals surface area contributed by atoms with Crippen molar-refractivity contribution in [2.24, 2.45) is 5.73 Å². The normalized spacial score (nSPS) is 13.9. The first kappa shape index (κ1) is 70.4. The van der Waals surface area contributed by atoms with Crippen LogP contribution in [0.2, 0.25) is 0 Å². The SMILES string of the molecule is CC/C=C\C/C=C\C/C=C\C/C=C\C/C=C\C/C=C\C/C=C\C/C=C\C/C=C\CCCCCCCCCCCCCCCC(=O)OC(COC(=O)CCCCCCC/C=C\CCCCC)COP(=O)(O)OCCN. The van der Waals surface area contributed by atoms with Gasteiger partial charge in [-0.3, -0.25) is 18.6 Å². The van der Waals surface area contributed by atoms with Gasteiger partial charge in [0.15, 0.2) is 6.10 Å². The minimum atomic E-state index is -4.39. The molecule has 10 heteroatoms. The van der Waals surface area contributed by atoms with Crippen LogP contribution in [-0.2, 0) is 32.7 Å². The van der Waals surface area contributed by atoms with Gasteiger partial charge in [0.25, 0.3) is 0 Å². The molecule has 0 saturated carbocycles. The second-order valence-corrected chi connectivity index (χ2v) is 20.6.